The maximum atomic E-state index is 14.2. The van der Waals surface area contributed by atoms with E-state index in [-0.39, 0.29) is 63.1 Å². The summed E-state index contributed by atoms with van der Waals surface area (Å²) < 4.78 is 120. The Bertz CT molecular complexity index is 1230. The van der Waals surface area contributed by atoms with Crippen molar-refractivity contribution in [3.63, 3.8) is 0 Å². The number of nitrogens with zero attached hydrogens (tertiary/aromatic N) is 1. The smallest absolute Gasteiger partial charge is 0.377 e. The van der Waals surface area contributed by atoms with Crippen LogP contribution in [-0.2, 0) is 40.6 Å². The maximum absolute atomic E-state index is 14.2. The standard InChI is InChI=1S/C28H25F8NO2/c29-24-7-6-21(15-25(24)30)26(8-10-38-17-19-4-2-1-3-5-19)18-37(9-11-39-26)16-20-12-22(27(31,32)33)14-23(13-20)28(34,35)36/h1-7,12-15H,8-11,16-18H2. The number of halogens is 8. The van der Waals surface area contributed by atoms with Crippen molar-refractivity contribution >= 4 is 0 Å². The molecule has 3 aromatic rings. The summed E-state index contributed by atoms with van der Waals surface area (Å²) in [6.07, 6.45) is -9.75. The van der Waals surface area contributed by atoms with Crippen LogP contribution in [0.2, 0.25) is 0 Å². The lowest BCUT2D eigenvalue weighted by molar-refractivity contribution is -0.143. The molecule has 0 saturated carbocycles. The number of hydrogen-bond acceptors (Lipinski definition) is 3. The number of ether oxygens (including phenoxy) is 2. The maximum Gasteiger partial charge on any atom is 0.416 e. The van der Waals surface area contributed by atoms with E-state index < -0.39 is 40.7 Å². The minimum atomic E-state index is -4.97. The second-order valence-corrected chi connectivity index (χ2v) is 9.38. The molecule has 1 aliphatic heterocycles. The van der Waals surface area contributed by atoms with Gasteiger partial charge in [-0.2, -0.15) is 26.3 Å². The first kappa shape index (κ1) is 29.0. The third-order valence-electron chi connectivity index (χ3n) is 6.53. The van der Waals surface area contributed by atoms with Gasteiger partial charge < -0.3 is 9.47 Å². The summed E-state index contributed by atoms with van der Waals surface area (Å²) >= 11 is 0. The average molecular weight is 559 g/mol. The molecule has 210 valence electrons. The van der Waals surface area contributed by atoms with Gasteiger partial charge in [0.15, 0.2) is 11.6 Å². The molecule has 1 unspecified atom stereocenters. The first-order chi connectivity index (χ1) is 18.4. The molecule has 0 N–H and O–H groups in total. The van der Waals surface area contributed by atoms with Gasteiger partial charge in [-0.25, -0.2) is 8.78 Å². The molecule has 0 amide bonds. The van der Waals surface area contributed by atoms with Gasteiger partial charge in [-0.05, 0) is 47.0 Å². The molecule has 0 spiro atoms. The SMILES string of the molecule is Fc1ccc(C2(CCOCc3ccccc3)CN(Cc3cc(C(F)(F)F)cc(C(F)(F)F)c3)CCO2)cc1F. The van der Waals surface area contributed by atoms with Crippen LogP contribution in [0.25, 0.3) is 0 Å². The van der Waals surface area contributed by atoms with Gasteiger partial charge in [0, 0.05) is 26.1 Å². The molecule has 4 rings (SSSR count). The summed E-state index contributed by atoms with van der Waals surface area (Å²) in [4.78, 5) is 1.64. The van der Waals surface area contributed by atoms with Crippen molar-refractivity contribution in [1.82, 2.24) is 4.90 Å². The molecule has 1 saturated heterocycles. The molecular formula is C28H25F8NO2. The van der Waals surface area contributed by atoms with Gasteiger partial charge in [0.25, 0.3) is 0 Å². The summed E-state index contributed by atoms with van der Waals surface area (Å²) in [5.41, 5.74) is -3.02. The number of morpholine rings is 1. The Morgan fingerprint density at radius 1 is 0.795 bits per heavy atom. The van der Waals surface area contributed by atoms with Gasteiger partial charge in [-0.15, -0.1) is 0 Å². The van der Waals surface area contributed by atoms with Gasteiger partial charge in [0.1, 0.15) is 5.60 Å². The zero-order chi connectivity index (χ0) is 28.3. The monoisotopic (exact) mass is 559 g/mol. The first-order valence-electron chi connectivity index (χ1n) is 12.1. The molecule has 11 heteroatoms. The highest BCUT2D eigenvalue weighted by molar-refractivity contribution is 5.34. The Balaban J connectivity index is 1.58. The van der Waals surface area contributed by atoms with Gasteiger partial charge in [0.05, 0.1) is 30.9 Å². The van der Waals surface area contributed by atoms with Gasteiger partial charge in [0.2, 0.25) is 0 Å². The van der Waals surface area contributed by atoms with E-state index in [2.05, 4.69) is 0 Å². The zero-order valence-corrected chi connectivity index (χ0v) is 20.6. The Kier molecular flexibility index (Phi) is 8.63. The highest BCUT2D eigenvalue weighted by atomic mass is 19.4. The van der Waals surface area contributed by atoms with E-state index >= 15 is 0 Å². The van der Waals surface area contributed by atoms with Crippen LogP contribution in [0.4, 0.5) is 35.1 Å². The van der Waals surface area contributed by atoms with E-state index in [0.717, 1.165) is 17.7 Å². The number of alkyl halides is 6. The van der Waals surface area contributed by atoms with Crippen LogP contribution in [0.15, 0.2) is 66.7 Å². The Labute approximate surface area is 220 Å². The van der Waals surface area contributed by atoms with Crippen molar-refractivity contribution < 1.29 is 44.6 Å². The quantitative estimate of drug-likeness (QED) is 0.213. The fourth-order valence-corrected chi connectivity index (χ4v) is 4.61. The third-order valence-corrected chi connectivity index (χ3v) is 6.53. The van der Waals surface area contributed by atoms with E-state index in [1.54, 1.807) is 4.90 Å². The Hall–Kier alpha value is -3.02. The predicted octanol–water partition coefficient (Wildman–Crippen LogP) is 7.34. The van der Waals surface area contributed by atoms with E-state index in [1.165, 1.54) is 6.07 Å². The lowest BCUT2D eigenvalue weighted by atomic mass is 9.88. The van der Waals surface area contributed by atoms with Crippen LogP contribution >= 0.6 is 0 Å². The highest BCUT2D eigenvalue weighted by Gasteiger charge is 2.40. The minimum absolute atomic E-state index is 0.00433. The van der Waals surface area contributed by atoms with E-state index in [0.29, 0.717) is 12.1 Å². The van der Waals surface area contributed by atoms with Crippen molar-refractivity contribution in [2.45, 2.75) is 37.5 Å². The van der Waals surface area contributed by atoms with Crippen molar-refractivity contribution in [3.05, 3.63) is 106 Å². The summed E-state index contributed by atoms with van der Waals surface area (Å²) in [7, 11) is 0. The lowest BCUT2D eigenvalue weighted by Gasteiger charge is -2.43. The van der Waals surface area contributed by atoms with Crippen molar-refractivity contribution in [2.24, 2.45) is 0 Å². The van der Waals surface area contributed by atoms with Crippen LogP contribution in [0.1, 0.15) is 34.2 Å². The normalized spacial score (nSPS) is 18.9. The minimum Gasteiger partial charge on any atom is -0.377 e. The van der Waals surface area contributed by atoms with Crippen LogP contribution < -0.4 is 0 Å². The molecular weight excluding hydrogens is 534 g/mol. The summed E-state index contributed by atoms with van der Waals surface area (Å²) in [5.74, 6) is -2.17. The second kappa shape index (κ2) is 11.6. The third kappa shape index (κ3) is 7.34. The lowest BCUT2D eigenvalue weighted by Crippen LogP contribution is -2.50. The fraction of sp³-hybridized carbons (Fsp3) is 0.357. The Morgan fingerprint density at radius 3 is 2.08 bits per heavy atom. The second-order valence-electron chi connectivity index (χ2n) is 9.38. The molecule has 3 nitrogen and oxygen atoms in total. The number of rotatable bonds is 8. The summed E-state index contributed by atoms with van der Waals surface area (Å²) in [5, 5.41) is 0. The molecule has 3 aromatic carbocycles. The van der Waals surface area contributed by atoms with Gasteiger partial charge in [-0.1, -0.05) is 36.4 Å². The topological polar surface area (TPSA) is 21.7 Å². The predicted molar refractivity (Wildman–Crippen MR) is 126 cm³/mol. The highest BCUT2D eigenvalue weighted by Crippen LogP contribution is 2.38. The molecule has 39 heavy (non-hydrogen) atoms. The Morgan fingerprint density at radius 2 is 1.46 bits per heavy atom. The fourth-order valence-electron chi connectivity index (χ4n) is 4.61. The van der Waals surface area contributed by atoms with Crippen LogP contribution in [0.3, 0.4) is 0 Å². The van der Waals surface area contributed by atoms with Gasteiger partial charge >= 0.3 is 12.4 Å². The molecule has 0 aliphatic carbocycles. The molecule has 0 aromatic heterocycles. The van der Waals surface area contributed by atoms with Crippen molar-refractivity contribution in [1.29, 1.82) is 0 Å². The molecule has 0 bridgehead atoms. The van der Waals surface area contributed by atoms with E-state index in [1.807, 2.05) is 30.3 Å². The van der Waals surface area contributed by atoms with Gasteiger partial charge in [-0.3, -0.25) is 4.90 Å². The van der Waals surface area contributed by atoms with Crippen LogP contribution in [0.5, 0.6) is 0 Å². The van der Waals surface area contributed by atoms with Crippen LogP contribution in [-0.4, -0.2) is 31.2 Å². The summed E-state index contributed by atoms with van der Waals surface area (Å²) in [6.45, 7) is 0.445. The van der Waals surface area contributed by atoms with E-state index in [4.69, 9.17) is 9.47 Å². The van der Waals surface area contributed by atoms with Crippen molar-refractivity contribution in [2.75, 3.05) is 26.3 Å². The molecule has 0 radical (unpaired) electrons. The molecule has 1 heterocycles. The van der Waals surface area contributed by atoms with E-state index in [9.17, 15) is 35.1 Å². The largest absolute Gasteiger partial charge is 0.416 e. The first-order valence-corrected chi connectivity index (χ1v) is 12.1. The van der Waals surface area contributed by atoms with Crippen molar-refractivity contribution in [3.8, 4) is 0 Å². The molecule has 1 atom stereocenters. The molecule has 1 aliphatic rings. The van der Waals surface area contributed by atoms with Crippen LogP contribution in [0, 0.1) is 11.6 Å². The number of benzene rings is 3. The number of hydrogen-bond donors (Lipinski definition) is 0. The average Bonchev–Trinajstić information content (AvgIpc) is 2.88. The molecule has 1 fully saturated rings. The summed E-state index contributed by atoms with van der Waals surface area (Å²) in [6, 6.07) is 14.0. The zero-order valence-electron chi connectivity index (χ0n) is 20.6.